The van der Waals surface area contributed by atoms with E-state index in [9.17, 15) is 14.4 Å². The summed E-state index contributed by atoms with van der Waals surface area (Å²) in [6.07, 6.45) is 51.4. The number of unbranched alkanes of at least 4 members (excludes halogenated alkanes) is 7. The van der Waals surface area contributed by atoms with Crippen LogP contribution < -0.4 is 0 Å². The van der Waals surface area contributed by atoms with Crippen LogP contribution in [0.3, 0.4) is 0 Å². The van der Waals surface area contributed by atoms with E-state index in [2.05, 4.69) is 106 Å². The standard InChI is InChI=1S/C46H72O6/c1-4-7-10-13-16-18-20-22-23-25-26-28-30-33-36-39-45(48)51-42-43(41-50-44(47)38-35-32-15-12-9-6-3)52-46(49)40-37-34-31-29-27-24-21-19-17-14-11-8-5-2/h7-8,10-11,16-19,22-24,26-28,31,34,43H,4-6,9,12-15,20-21,25,29-30,32-33,35-42H2,1-3H3/b10-7-,11-8-,18-16-,19-17-,23-22-,27-24-,28-26-,34-31-. The number of esters is 3. The number of carbonyl (C=O) groups excluding carboxylic acids is 3. The minimum atomic E-state index is -0.827. The zero-order valence-electron chi connectivity index (χ0n) is 33.0. The van der Waals surface area contributed by atoms with E-state index in [-0.39, 0.29) is 38.0 Å². The van der Waals surface area contributed by atoms with Gasteiger partial charge in [-0.3, -0.25) is 14.4 Å². The first-order chi connectivity index (χ1) is 25.5. The van der Waals surface area contributed by atoms with Crippen LogP contribution >= 0.6 is 0 Å². The SMILES string of the molecule is CC/C=C\C/C=C\C/C=C\C/C=C\CCCCC(=O)OCC(COC(=O)CCCCCCCC)OC(=O)CC/C=C\C/C=C\C/C=C\C/C=C\CC. The van der Waals surface area contributed by atoms with Gasteiger partial charge >= 0.3 is 17.9 Å². The maximum atomic E-state index is 12.6. The van der Waals surface area contributed by atoms with Crippen LogP contribution in [0.4, 0.5) is 0 Å². The molecule has 292 valence electrons. The molecule has 6 nitrogen and oxygen atoms in total. The van der Waals surface area contributed by atoms with Crippen molar-refractivity contribution in [3.8, 4) is 0 Å². The Kier molecular flexibility index (Phi) is 37.3. The van der Waals surface area contributed by atoms with Crippen LogP contribution in [0, 0.1) is 0 Å². The van der Waals surface area contributed by atoms with Crippen LogP contribution in [0.2, 0.25) is 0 Å². The van der Waals surface area contributed by atoms with Gasteiger partial charge in [0.15, 0.2) is 6.10 Å². The maximum absolute atomic E-state index is 12.6. The van der Waals surface area contributed by atoms with Crippen LogP contribution in [0.5, 0.6) is 0 Å². The molecule has 0 bridgehead atoms. The van der Waals surface area contributed by atoms with E-state index in [1.54, 1.807) is 0 Å². The molecule has 0 aromatic rings. The molecule has 1 unspecified atom stereocenters. The Morgan fingerprint density at radius 3 is 1.25 bits per heavy atom. The second-order valence-electron chi connectivity index (χ2n) is 12.8. The van der Waals surface area contributed by atoms with Crippen molar-refractivity contribution in [1.29, 1.82) is 0 Å². The second kappa shape index (κ2) is 40.1. The van der Waals surface area contributed by atoms with E-state index in [1.807, 2.05) is 12.2 Å². The zero-order chi connectivity index (χ0) is 38.0. The molecule has 0 aromatic carbocycles. The van der Waals surface area contributed by atoms with Gasteiger partial charge in [0.05, 0.1) is 0 Å². The average molecular weight is 721 g/mol. The third-order valence-corrected chi connectivity index (χ3v) is 7.85. The van der Waals surface area contributed by atoms with Crippen molar-refractivity contribution in [2.45, 2.75) is 162 Å². The fourth-order valence-electron chi connectivity index (χ4n) is 4.85. The van der Waals surface area contributed by atoms with E-state index in [0.29, 0.717) is 19.3 Å². The van der Waals surface area contributed by atoms with Crippen molar-refractivity contribution in [2.24, 2.45) is 0 Å². The quantitative estimate of drug-likeness (QED) is 0.0285. The summed E-state index contributed by atoms with van der Waals surface area (Å²) in [5.74, 6) is -1.07. The highest BCUT2D eigenvalue weighted by Gasteiger charge is 2.19. The Morgan fingerprint density at radius 1 is 0.404 bits per heavy atom. The van der Waals surface area contributed by atoms with E-state index in [1.165, 1.54) is 19.3 Å². The third-order valence-electron chi connectivity index (χ3n) is 7.85. The van der Waals surface area contributed by atoms with E-state index in [0.717, 1.165) is 83.5 Å². The Bertz CT molecular complexity index is 1100. The predicted octanol–water partition coefficient (Wildman–Crippen LogP) is 12.7. The van der Waals surface area contributed by atoms with E-state index < -0.39 is 12.1 Å². The summed E-state index contributed by atoms with van der Waals surface area (Å²) in [6.45, 7) is 6.20. The van der Waals surface area contributed by atoms with Crippen LogP contribution in [0.25, 0.3) is 0 Å². The molecule has 0 saturated carbocycles. The van der Waals surface area contributed by atoms with Gasteiger partial charge in [-0.05, 0) is 83.5 Å². The lowest BCUT2D eigenvalue weighted by atomic mass is 10.1. The van der Waals surface area contributed by atoms with E-state index >= 15 is 0 Å². The van der Waals surface area contributed by atoms with Crippen molar-refractivity contribution in [1.82, 2.24) is 0 Å². The lowest BCUT2D eigenvalue weighted by Crippen LogP contribution is -2.30. The number of hydrogen-bond donors (Lipinski definition) is 0. The molecule has 6 heteroatoms. The Hall–Kier alpha value is -3.67. The van der Waals surface area contributed by atoms with Gasteiger partial charge in [-0.1, -0.05) is 150 Å². The summed E-state index contributed by atoms with van der Waals surface area (Å²) in [5, 5.41) is 0. The molecule has 0 aliphatic rings. The molecule has 0 amide bonds. The number of carbonyl (C=O) groups is 3. The Morgan fingerprint density at radius 2 is 0.788 bits per heavy atom. The number of rotatable bonds is 34. The summed E-state index contributed by atoms with van der Waals surface area (Å²) in [4.78, 5) is 37.4. The highest BCUT2D eigenvalue weighted by Crippen LogP contribution is 2.10. The third kappa shape index (κ3) is 37.6. The first kappa shape index (κ1) is 48.3. The maximum Gasteiger partial charge on any atom is 0.306 e. The molecule has 0 aromatic heterocycles. The van der Waals surface area contributed by atoms with Gasteiger partial charge in [0.2, 0.25) is 0 Å². The molecular formula is C46H72O6. The Labute approximate surface area is 317 Å². The molecular weight excluding hydrogens is 648 g/mol. The van der Waals surface area contributed by atoms with Crippen LogP contribution in [0.1, 0.15) is 156 Å². The number of allylic oxidation sites excluding steroid dienone is 16. The molecule has 52 heavy (non-hydrogen) atoms. The van der Waals surface area contributed by atoms with Crippen molar-refractivity contribution in [3.63, 3.8) is 0 Å². The number of ether oxygens (including phenoxy) is 3. The van der Waals surface area contributed by atoms with Crippen molar-refractivity contribution in [2.75, 3.05) is 13.2 Å². The molecule has 0 heterocycles. The van der Waals surface area contributed by atoms with Crippen molar-refractivity contribution in [3.05, 3.63) is 97.2 Å². The minimum absolute atomic E-state index is 0.122. The number of hydrogen-bond acceptors (Lipinski definition) is 6. The molecule has 0 rings (SSSR count). The molecule has 1 atom stereocenters. The highest BCUT2D eigenvalue weighted by atomic mass is 16.6. The lowest BCUT2D eigenvalue weighted by Gasteiger charge is -2.18. The lowest BCUT2D eigenvalue weighted by molar-refractivity contribution is -0.166. The molecule has 0 radical (unpaired) electrons. The van der Waals surface area contributed by atoms with E-state index in [4.69, 9.17) is 14.2 Å². The van der Waals surface area contributed by atoms with Crippen LogP contribution in [-0.4, -0.2) is 37.2 Å². The molecule has 0 aliphatic carbocycles. The predicted molar refractivity (Wildman–Crippen MR) is 219 cm³/mol. The van der Waals surface area contributed by atoms with Crippen LogP contribution in [0.15, 0.2) is 97.2 Å². The highest BCUT2D eigenvalue weighted by molar-refractivity contribution is 5.71. The van der Waals surface area contributed by atoms with Crippen LogP contribution in [-0.2, 0) is 28.6 Å². The molecule has 0 fully saturated rings. The summed E-state index contributed by atoms with van der Waals surface area (Å²) in [7, 11) is 0. The molecule has 0 spiro atoms. The molecule has 0 aliphatic heterocycles. The average Bonchev–Trinajstić information content (AvgIpc) is 3.14. The van der Waals surface area contributed by atoms with Crippen molar-refractivity contribution >= 4 is 17.9 Å². The van der Waals surface area contributed by atoms with Gasteiger partial charge in [0, 0.05) is 19.3 Å². The molecule has 0 saturated heterocycles. The molecule has 0 N–H and O–H groups in total. The second-order valence-corrected chi connectivity index (χ2v) is 12.8. The van der Waals surface area contributed by atoms with Gasteiger partial charge in [0.1, 0.15) is 13.2 Å². The first-order valence-corrected chi connectivity index (χ1v) is 20.2. The summed E-state index contributed by atoms with van der Waals surface area (Å²) >= 11 is 0. The van der Waals surface area contributed by atoms with Gasteiger partial charge in [-0.15, -0.1) is 0 Å². The zero-order valence-corrected chi connectivity index (χ0v) is 33.0. The smallest absolute Gasteiger partial charge is 0.306 e. The fourth-order valence-corrected chi connectivity index (χ4v) is 4.85. The topological polar surface area (TPSA) is 78.9 Å². The van der Waals surface area contributed by atoms with Gasteiger partial charge in [-0.25, -0.2) is 0 Å². The first-order valence-electron chi connectivity index (χ1n) is 20.2. The van der Waals surface area contributed by atoms with Gasteiger partial charge < -0.3 is 14.2 Å². The minimum Gasteiger partial charge on any atom is -0.462 e. The fraction of sp³-hybridized carbons (Fsp3) is 0.587. The monoisotopic (exact) mass is 721 g/mol. The van der Waals surface area contributed by atoms with Gasteiger partial charge in [-0.2, -0.15) is 0 Å². The summed E-state index contributed by atoms with van der Waals surface area (Å²) < 4.78 is 16.4. The van der Waals surface area contributed by atoms with Crippen molar-refractivity contribution < 1.29 is 28.6 Å². The Balaban J connectivity index is 4.52. The summed E-state index contributed by atoms with van der Waals surface area (Å²) in [5.41, 5.74) is 0. The summed E-state index contributed by atoms with van der Waals surface area (Å²) in [6, 6.07) is 0. The largest absolute Gasteiger partial charge is 0.462 e. The normalized spacial score (nSPS) is 13.1. The van der Waals surface area contributed by atoms with Gasteiger partial charge in [0.25, 0.3) is 0 Å².